The van der Waals surface area contributed by atoms with Gasteiger partial charge in [0.15, 0.2) is 0 Å². The molecule has 0 fully saturated rings. The van der Waals surface area contributed by atoms with Crippen LogP contribution in [-0.4, -0.2) is 33.7 Å². The molecular formula is C19H24N2O4S. The summed E-state index contributed by atoms with van der Waals surface area (Å²) < 4.78 is 31.0. The molecule has 0 aliphatic rings. The summed E-state index contributed by atoms with van der Waals surface area (Å²) in [5, 5.41) is 2.72. The Morgan fingerprint density at radius 2 is 1.88 bits per heavy atom. The molecule has 1 N–H and O–H groups in total. The highest BCUT2D eigenvalue weighted by atomic mass is 32.2. The number of hydrogen-bond acceptors (Lipinski definition) is 4. The molecule has 1 amide bonds. The van der Waals surface area contributed by atoms with Gasteiger partial charge >= 0.3 is 0 Å². The largest absolute Gasteiger partial charge is 0.494 e. The Labute approximate surface area is 154 Å². The maximum absolute atomic E-state index is 12.4. The van der Waals surface area contributed by atoms with Crippen LogP contribution < -0.4 is 14.4 Å². The Hall–Kier alpha value is -2.54. The zero-order valence-electron chi connectivity index (χ0n) is 15.4. The van der Waals surface area contributed by atoms with Gasteiger partial charge in [0.05, 0.1) is 18.6 Å². The van der Waals surface area contributed by atoms with Crippen LogP contribution >= 0.6 is 0 Å². The van der Waals surface area contributed by atoms with Crippen LogP contribution in [0.5, 0.6) is 5.75 Å². The molecule has 0 atom stereocenters. The first-order valence-electron chi connectivity index (χ1n) is 8.28. The second kappa shape index (κ2) is 8.23. The van der Waals surface area contributed by atoms with Gasteiger partial charge in [0.2, 0.25) is 15.9 Å². The summed E-state index contributed by atoms with van der Waals surface area (Å²) in [5.41, 5.74) is 2.87. The third kappa shape index (κ3) is 5.23. The van der Waals surface area contributed by atoms with E-state index in [0.717, 1.165) is 21.7 Å². The van der Waals surface area contributed by atoms with Crippen molar-refractivity contribution in [2.45, 2.75) is 20.8 Å². The lowest BCUT2D eigenvalue weighted by molar-refractivity contribution is -0.114. The van der Waals surface area contributed by atoms with Crippen LogP contribution in [-0.2, 0) is 14.8 Å². The third-order valence-corrected chi connectivity index (χ3v) is 4.86. The molecule has 0 heterocycles. The number of anilines is 2. The van der Waals surface area contributed by atoms with Gasteiger partial charge in [-0.2, -0.15) is 0 Å². The van der Waals surface area contributed by atoms with Crippen LogP contribution in [0.4, 0.5) is 11.4 Å². The molecule has 26 heavy (non-hydrogen) atoms. The highest BCUT2D eigenvalue weighted by Crippen LogP contribution is 2.24. The summed E-state index contributed by atoms with van der Waals surface area (Å²) in [7, 11) is -3.61. The summed E-state index contributed by atoms with van der Waals surface area (Å²) in [6.07, 6.45) is 1.09. The highest BCUT2D eigenvalue weighted by molar-refractivity contribution is 7.92. The summed E-state index contributed by atoms with van der Waals surface area (Å²) in [4.78, 5) is 12.4. The van der Waals surface area contributed by atoms with Gasteiger partial charge in [-0.05, 0) is 44.5 Å². The first-order valence-corrected chi connectivity index (χ1v) is 10.1. The van der Waals surface area contributed by atoms with E-state index < -0.39 is 15.9 Å². The maximum Gasteiger partial charge on any atom is 0.245 e. The summed E-state index contributed by atoms with van der Waals surface area (Å²) in [6, 6.07) is 12.4. The summed E-state index contributed by atoms with van der Waals surface area (Å²) in [5.74, 6) is 0.212. The second-order valence-electron chi connectivity index (χ2n) is 6.07. The molecule has 0 radical (unpaired) electrons. The van der Waals surface area contributed by atoms with Crippen molar-refractivity contribution in [3.63, 3.8) is 0 Å². The number of rotatable bonds is 7. The molecule has 0 bridgehead atoms. The van der Waals surface area contributed by atoms with Gasteiger partial charge in [0.25, 0.3) is 0 Å². The number of carbonyl (C=O) groups excluding carboxylic acids is 1. The number of nitrogens with zero attached hydrogens (tertiary/aromatic N) is 1. The molecule has 0 spiro atoms. The van der Waals surface area contributed by atoms with Crippen molar-refractivity contribution >= 4 is 27.3 Å². The van der Waals surface area contributed by atoms with E-state index in [9.17, 15) is 13.2 Å². The smallest absolute Gasteiger partial charge is 0.245 e. The van der Waals surface area contributed by atoms with E-state index in [1.165, 1.54) is 0 Å². The van der Waals surface area contributed by atoms with Crippen LogP contribution in [0.1, 0.15) is 18.1 Å². The Kier molecular flexibility index (Phi) is 6.26. The molecule has 0 saturated carbocycles. The fourth-order valence-corrected chi connectivity index (χ4v) is 3.54. The molecule has 7 heteroatoms. The molecule has 2 rings (SSSR count). The lowest BCUT2D eigenvalue weighted by Gasteiger charge is -2.24. The van der Waals surface area contributed by atoms with Crippen molar-refractivity contribution in [1.29, 1.82) is 0 Å². The van der Waals surface area contributed by atoms with Crippen LogP contribution in [0.2, 0.25) is 0 Å². The Balaban J connectivity index is 2.21. The van der Waals surface area contributed by atoms with E-state index in [2.05, 4.69) is 5.32 Å². The van der Waals surface area contributed by atoms with Gasteiger partial charge < -0.3 is 10.1 Å². The minimum Gasteiger partial charge on any atom is -0.494 e. The van der Waals surface area contributed by atoms with E-state index >= 15 is 0 Å². The number of carbonyl (C=O) groups is 1. The van der Waals surface area contributed by atoms with Gasteiger partial charge in [-0.25, -0.2) is 8.42 Å². The summed E-state index contributed by atoms with van der Waals surface area (Å²) >= 11 is 0. The quantitative estimate of drug-likeness (QED) is 0.806. The van der Waals surface area contributed by atoms with Gasteiger partial charge in [-0.3, -0.25) is 9.10 Å². The lowest BCUT2D eigenvalue weighted by Crippen LogP contribution is -2.37. The van der Waals surface area contributed by atoms with Crippen LogP contribution in [0, 0.1) is 13.8 Å². The molecular weight excluding hydrogens is 352 g/mol. The normalized spacial score (nSPS) is 11.1. The Morgan fingerprint density at radius 1 is 1.15 bits per heavy atom. The average molecular weight is 376 g/mol. The molecule has 2 aromatic carbocycles. The molecule has 0 aliphatic carbocycles. The number of nitrogens with one attached hydrogen (secondary N) is 1. The Bertz CT molecular complexity index is 894. The predicted octanol–water partition coefficient (Wildman–Crippen LogP) is 3.11. The SMILES string of the molecule is CCOc1cccc(NC(=O)CN(c2ccc(C)cc2C)S(C)(=O)=O)c1. The molecule has 140 valence electrons. The van der Waals surface area contributed by atoms with Crippen LogP contribution in [0.15, 0.2) is 42.5 Å². The number of benzene rings is 2. The van der Waals surface area contributed by atoms with E-state index in [1.807, 2.05) is 32.9 Å². The topological polar surface area (TPSA) is 75.7 Å². The zero-order valence-corrected chi connectivity index (χ0v) is 16.3. The zero-order chi connectivity index (χ0) is 19.3. The Morgan fingerprint density at radius 3 is 2.50 bits per heavy atom. The van der Waals surface area contributed by atoms with E-state index in [4.69, 9.17) is 4.74 Å². The molecule has 2 aromatic rings. The standard InChI is InChI=1S/C19H24N2O4S/c1-5-25-17-8-6-7-16(12-17)20-19(22)13-21(26(4,23)24)18-10-9-14(2)11-15(18)3/h6-12H,5,13H2,1-4H3,(H,20,22). The van der Waals surface area contributed by atoms with Gasteiger partial charge in [-0.15, -0.1) is 0 Å². The van der Waals surface area contributed by atoms with E-state index in [1.54, 1.807) is 30.3 Å². The monoisotopic (exact) mass is 376 g/mol. The first kappa shape index (κ1) is 19.8. The van der Waals surface area contributed by atoms with Crippen molar-refractivity contribution in [2.24, 2.45) is 0 Å². The van der Waals surface area contributed by atoms with Gasteiger partial charge in [0.1, 0.15) is 12.3 Å². The molecule has 0 aromatic heterocycles. The lowest BCUT2D eigenvalue weighted by atomic mass is 10.1. The predicted molar refractivity (Wildman–Crippen MR) is 104 cm³/mol. The van der Waals surface area contributed by atoms with Gasteiger partial charge in [-0.1, -0.05) is 23.8 Å². The fourth-order valence-electron chi connectivity index (χ4n) is 2.63. The van der Waals surface area contributed by atoms with E-state index in [0.29, 0.717) is 23.7 Å². The van der Waals surface area contributed by atoms with Crippen LogP contribution in [0.3, 0.4) is 0 Å². The molecule has 0 aliphatic heterocycles. The molecule has 6 nitrogen and oxygen atoms in total. The first-order chi connectivity index (χ1) is 12.2. The minimum atomic E-state index is -3.61. The van der Waals surface area contributed by atoms with Crippen molar-refractivity contribution in [3.05, 3.63) is 53.6 Å². The van der Waals surface area contributed by atoms with Crippen molar-refractivity contribution in [3.8, 4) is 5.75 Å². The number of aryl methyl sites for hydroxylation is 2. The van der Waals surface area contributed by atoms with E-state index in [-0.39, 0.29) is 6.54 Å². The average Bonchev–Trinajstić information content (AvgIpc) is 2.53. The van der Waals surface area contributed by atoms with Crippen molar-refractivity contribution in [1.82, 2.24) is 0 Å². The van der Waals surface area contributed by atoms with Gasteiger partial charge in [0, 0.05) is 11.8 Å². The van der Waals surface area contributed by atoms with Crippen molar-refractivity contribution < 1.29 is 17.9 Å². The van der Waals surface area contributed by atoms with Crippen molar-refractivity contribution in [2.75, 3.05) is 29.0 Å². The fraction of sp³-hybridized carbons (Fsp3) is 0.316. The highest BCUT2D eigenvalue weighted by Gasteiger charge is 2.22. The van der Waals surface area contributed by atoms with Crippen LogP contribution in [0.25, 0.3) is 0 Å². The number of amides is 1. The number of hydrogen-bond donors (Lipinski definition) is 1. The maximum atomic E-state index is 12.4. The molecule has 0 saturated heterocycles. The third-order valence-electron chi connectivity index (χ3n) is 3.74. The molecule has 0 unspecified atom stereocenters. The summed E-state index contributed by atoms with van der Waals surface area (Å²) in [6.45, 7) is 5.84. The number of sulfonamides is 1. The minimum absolute atomic E-state index is 0.304. The number of ether oxygens (including phenoxy) is 1. The second-order valence-corrected chi connectivity index (χ2v) is 7.98.